The largest absolute Gasteiger partial charge is 0.369 e. The van der Waals surface area contributed by atoms with Gasteiger partial charge in [0.25, 0.3) is 0 Å². The maximum atomic E-state index is 12.1. The van der Waals surface area contributed by atoms with Crippen LogP contribution in [0.2, 0.25) is 0 Å². The number of aromatic nitrogens is 1. The Morgan fingerprint density at radius 1 is 1.25 bits per heavy atom. The lowest BCUT2D eigenvalue weighted by molar-refractivity contribution is -0.125. The number of nitrogens with zero attached hydrogens (tertiary/aromatic N) is 1. The van der Waals surface area contributed by atoms with E-state index in [0.717, 1.165) is 21.8 Å². The van der Waals surface area contributed by atoms with E-state index in [1.165, 1.54) is 11.3 Å². The van der Waals surface area contributed by atoms with Crippen molar-refractivity contribution in [2.24, 2.45) is 16.9 Å². The third-order valence-corrected chi connectivity index (χ3v) is 6.19. The second kappa shape index (κ2) is 8.52. The summed E-state index contributed by atoms with van der Waals surface area (Å²) < 4.78 is 0. The van der Waals surface area contributed by atoms with Crippen LogP contribution < -0.4 is 11.5 Å². The van der Waals surface area contributed by atoms with Gasteiger partial charge >= 0.3 is 0 Å². The molecule has 2 atom stereocenters. The molecule has 1 aliphatic rings. The summed E-state index contributed by atoms with van der Waals surface area (Å²) >= 11 is 1.45. The highest BCUT2D eigenvalue weighted by Gasteiger charge is 2.35. The summed E-state index contributed by atoms with van der Waals surface area (Å²) in [5.41, 5.74) is 13.7. The fraction of sp³-hybridized carbons (Fsp3) is 0.318. The Bertz CT molecular complexity index is 917. The molecule has 0 saturated carbocycles. The summed E-state index contributed by atoms with van der Waals surface area (Å²) in [6.07, 6.45) is 8.19. The fourth-order valence-electron chi connectivity index (χ4n) is 3.67. The van der Waals surface area contributed by atoms with E-state index >= 15 is 0 Å². The molecule has 0 fully saturated rings. The van der Waals surface area contributed by atoms with Gasteiger partial charge in [0.05, 0.1) is 17.0 Å². The normalized spacial score (nSPS) is 19.8. The molecule has 28 heavy (non-hydrogen) atoms. The highest BCUT2D eigenvalue weighted by molar-refractivity contribution is 7.10. The standard InChI is InChI=1S/C22H25N3O2S/c1-15-7-5-11-22(13-15,21(24)27)12-6-10-17(19(23)26)20-25-18(14-28-20)16-8-3-2-4-9-16/h2-5,7-9,11,14,17H,6,10,12-13H2,1H3,(H2,23,26)(H2,24,27)/t17?,22-/m0/s1. The number of rotatable bonds is 8. The lowest BCUT2D eigenvalue weighted by Crippen LogP contribution is -2.36. The maximum Gasteiger partial charge on any atom is 0.227 e. The minimum atomic E-state index is -0.681. The SMILES string of the molecule is CC1=CC=C[C@@](CCCC(C(N)=O)c2nc(-c3ccccc3)cs2)(C(N)=O)C1. The number of carbonyl (C=O) groups is 2. The third kappa shape index (κ3) is 4.39. The molecule has 1 aromatic heterocycles. The quantitative estimate of drug-likeness (QED) is 0.708. The number of thiazole rings is 1. The van der Waals surface area contributed by atoms with Crippen LogP contribution in [-0.4, -0.2) is 16.8 Å². The monoisotopic (exact) mass is 395 g/mol. The number of hydrogen-bond acceptors (Lipinski definition) is 4. The van der Waals surface area contributed by atoms with Gasteiger partial charge in [0, 0.05) is 10.9 Å². The van der Waals surface area contributed by atoms with E-state index in [-0.39, 0.29) is 5.91 Å². The second-order valence-corrected chi connectivity index (χ2v) is 8.24. The zero-order valence-corrected chi connectivity index (χ0v) is 16.7. The van der Waals surface area contributed by atoms with Crippen LogP contribution >= 0.6 is 11.3 Å². The molecule has 0 aliphatic heterocycles. The van der Waals surface area contributed by atoms with Crippen molar-refractivity contribution < 1.29 is 9.59 Å². The van der Waals surface area contributed by atoms with E-state index in [4.69, 9.17) is 11.5 Å². The number of benzene rings is 1. The Labute approximate surface area is 169 Å². The first-order chi connectivity index (χ1) is 13.4. The smallest absolute Gasteiger partial charge is 0.227 e. The first-order valence-electron chi connectivity index (χ1n) is 9.36. The first-order valence-corrected chi connectivity index (χ1v) is 10.2. The van der Waals surface area contributed by atoms with Crippen LogP contribution in [0.1, 0.15) is 43.5 Å². The molecule has 0 bridgehead atoms. The van der Waals surface area contributed by atoms with E-state index in [1.54, 1.807) is 0 Å². The lowest BCUT2D eigenvalue weighted by Gasteiger charge is -2.30. The number of amides is 2. The summed E-state index contributed by atoms with van der Waals surface area (Å²) in [6.45, 7) is 1.99. The van der Waals surface area contributed by atoms with Crippen LogP contribution in [0.15, 0.2) is 59.5 Å². The Balaban J connectivity index is 1.70. The molecule has 1 aromatic carbocycles. The zero-order valence-electron chi connectivity index (χ0n) is 15.9. The van der Waals surface area contributed by atoms with Crippen molar-refractivity contribution in [1.29, 1.82) is 0 Å². The zero-order chi connectivity index (χ0) is 20.1. The molecule has 2 amide bonds. The van der Waals surface area contributed by atoms with Gasteiger partial charge in [-0.15, -0.1) is 11.3 Å². The van der Waals surface area contributed by atoms with Gasteiger partial charge in [-0.3, -0.25) is 9.59 Å². The van der Waals surface area contributed by atoms with Gasteiger partial charge in [0.2, 0.25) is 11.8 Å². The summed E-state index contributed by atoms with van der Waals surface area (Å²) in [6, 6.07) is 9.84. The topological polar surface area (TPSA) is 99.1 Å². The van der Waals surface area contributed by atoms with E-state index in [1.807, 2.05) is 60.9 Å². The average Bonchev–Trinajstić information content (AvgIpc) is 3.15. The van der Waals surface area contributed by atoms with Crippen LogP contribution in [0.25, 0.3) is 11.3 Å². The molecule has 1 aliphatic carbocycles. The van der Waals surface area contributed by atoms with Gasteiger partial charge in [0.15, 0.2) is 0 Å². The van der Waals surface area contributed by atoms with Crippen molar-refractivity contribution in [3.05, 3.63) is 64.5 Å². The van der Waals surface area contributed by atoms with E-state index in [9.17, 15) is 9.59 Å². The number of carbonyl (C=O) groups excluding carboxylic acids is 2. The summed E-state index contributed by atoms with van der Waals surface area (Å²) in [5, 5.41) is 2.67. The first kappa shape index (κ1) is 20.0. The molecule has 4 N–H and O–H groups in total. The van der Waals surface area contributed by atoms with Crippen LogP contribution in [0.5, 0.6) is 0 Å². The predicted octanol–water partition coefficient (Wildman–Crippen LogP) is 3.93. The second-order valence-electron chi connectivity index (χ2n) is 7.35. The summed E-state index contributed by atoms with van der Waals surface area (Å²) in [7, 11) is 0. The van der Waals surface area contributed by atoms with Crippen LogP contribution in [0.4, 0.5) is 0 Å². The van der Waals surface area contributed by atoms with Gasteiger partial charge < -0.3 is 11.5 Å². The average molecular weight is 396 g/mol. The number of nitrogens with two attached hydrogens (primary N) is 2. The minimum absolute atomic E-state index is 0.326. The molecule has 6 heteroatoms. The Morgan fingerprint density at radius 2 is 2.00 bits per heavy atom. The van der Waals surface area contributed by atoms with Crippen molar-refractivity contribution in [1.82, 2.24) is 4.98 Å². The molecule has 146 valence electrons. The van der Waals surface area contributed by atoms with Crippen LogP contribution in [-0.2, 0) is 9.59 Å². The number of hydrogen-bond donors (Lipinski definition) is 2. The predicted molar refractivity (Wildman–Crippen MR) is 112 cm³/mol. The van der Waals surface area contributed by atoms with Crippen molar-refractivity contribution in [3.8, 4) is 11.3 Å². The maximum absolute atomic E-state index is 12.1. The Kier molecular flexibility index (Phi) is 6.09. The Hall–Kier alpha value is -2.73. The fourth-order valence-corrected chi connectivity index (χ4v) is 4.64. The van der Waals surface area contributed by atoms with Gasteiger partial charge in [-0.2, -0.15) is 0 Å². The molecule has 0 saturated heterocycles. The molecule has 0 radical (unpaired) electrons. The van der Waals surface area contributed by atoms with E-state index in [0.29, 0.717) is 25.7 Å². The molecular weight excluding hydrogens is 370 g/mol. The molecule has 5 nitrogen and oxygen atoms in total. The highest BCUT2D eigenvalue weighted by Crippen LogP contribution is 2.38. The summed E-state index contributed by atoms with van der Waals surface area (Å²) in [4.78, 5) is 28.8. The summed E-state index contributed by atoms with van der Waals surface area (Å²) in [5.74, 6) is -1.18. The Morgan fingerprint density at radius 3 is 2.64 bits per heavy atom. The lowest BCUT2D eigenvalue weighted by atomic mass is 9.74. The highest BCUT2D eigenvalue weighted by atomic mass is 32.1. The number of primary amides is 2. The van der Waals surface area contributed by atoms with Gasteiger partial charge in [-0.1, -0.05) is 60.6 Å². The molecule has 1 unspecified atom stereocenters. The molecule has 2 aromatic rings. The van der Waals surface area contributed by atoms with Crippen molar-refractivity contribution in [2.75, 3.05) is 0 Å². The van der Waals surface area contributed by atoms with Crippen molar-refractivity contribution in [2.45, 2.75) is 38.5 Å². The van der Waals surface area contributed by atoms with Gasteiger partial charge in [-0.25, -0.2) is 4.98 Å². The van der Waals surface area contributed by atoms with Crippen LogP contribution in [0.3, 0.4) is 0 Å². The number of allylic oxidation sites excluding steroid dienone is 3. The van der Waals surface area contributed by atoms with Gasteiger partial charge in [0.1, 0.15) is 5.01 Å². The third-order valence-electron chi connectivity index (χ3n) is 5.23. The molecule has 3 rings (SSSR count). The van der Waals surface area contributed by atoms with E-state index < -0.39 is 17.2 Å². The van der Waals surface area contributed by atoms with Crippen LogP contribution in [0, 0.1) is 5.41 Å². The van der Waals surface area contributed by atoms with Crippen molar-refractivity contribution >= 4 is 23.2 Å². The van der Waals surface area contributed by atoms with E-state index in [2.05, 4.69) is 4.98 Å². The minimum Gasteiger partial charge on any atom is -0.369 e. The molecule has 1 heterocycles. The molecule has 0 spiro atoms. The van der Waals surface area contributed by atoms with Gasteiger partial charge in [-0.05, 0) is 26.2 Å². The molecular formula is C22H25N3O2S. The van der Waals surface area contributed by atoms with Crippen molar-refractivity contribution in [3.63, 3.8) is 0 Å².